The van der Waals surface area contributed by atoms with Crippen LogP contribution < -0.4 is 5.32 Å². The van der Waals surface area contributed by atoms with Crippen molar-refractivity contribution in [1.29, 1.82) is 0 Å². The van der Waals surface area contributed by atoms with E-state index in [9.17, 15) is 4.79 Å². The lowest BCUT2D eigenvalue weighted by Gasteiger charge is -2.23. The largest absolute Gasteiger partial charge is 0.350 e. The Morgan fingerprint density at radius 2 is 1.67 bits per heavy atom. The summed E-state index contributed by atoms with van der Waals surface area (Å²) in [6.07, 6.45) is 12.6. The van der Waals surface area contributed by atoms with E-state index in [0.29, 0.717) is 6.04 Å². The van der Waals surface area contributed by atoms with Gasteiger partial charge in [0.25, 0.3) is 5.91 Å². The molecule has 1 aliphatic carbocycles. The van der Waals surface area contributed by atoms with Gasteiger partial charge in [0.2, 0.25) is 0 Å². The van der Waals surface area contributed by atoms with Crippen LogP contribution in [0.4, 0.5) is 0 Å². The molecule has 0 saturated heterocycles. The molecule has 1 aromatic heterocycles. The molecular formula is C17H27N3O. The second kappa shape index (κ2) is 6.63. The van der Waals surface area contributed by atoms with E-state index in [1.165, 1.54) is 63.4 Å². The molecule has 21 heavy (non-hydrogen) atoms. The van der Waals surface area contributed by atoms with Crippen molar-refractivity contribution in [2.45, 2.75) is 77.2 Å². The van der Waals surface area contributed by atoms with E-state index in [2.05, 4.69) is 10.00 Å². The van der Waals surface area contributed by atoms with Crippen molar-refractivity contribution in [3.63, 3.8) is 0 Å². The molecule has 2 heterocycles. The molecular weight excluding hydrogens is 262 g/mol. The lowest BCUT2D eigenvalue weighted by Crippen LogP contribution is -2.34. The van der Waals surface area contributed by atoms with E-state index in [1.807, 2.05) is 6.92 Å². The van der Waals surface area contributed by atoms with E-state index < -0.39 is 0 Å². The molecule has 1 saturated carbocycles. The molecule has 0 atom stereocenters. The quantitative estimate of drug-likeness (QED) is 0.859. The molecule has 2 aliphatic rings. The summed E-state index contributed by atoms with van der Waals surface area (Å²) < 4.78 is 2.07. The predicted molar refractivity (Wildman–Crippen MR) is 83.6 cm³/mol. The van der Waals surface area contributed by atoms with Crippen molar-refractivity contribution < 1.29 is 4.79 Å². The molecule has 3 rings (SSSR count). The number of aryl methyl sites for hydroxylation is 1. The minimum Gasteiger partial charge on any atom is -0.350 e. The number of fused-ring (bicyclic) bond motifs is 1. The Labute approximate surface area is 127 Å². The molecule has 1 N–H and O–H groups in total. The highest BCUT2D eigenvalue weighted by molar-refractivity contribution is 5.95. The van der Waals surface area contributed by atoms with Gasteiger partial charge in [0.05, 0.1) is 11.7 Å². The first-order valence-corrected chi connectivity index (χ1v) is 8.63. The van der Waals surface area contributed by atoms with Crippen LogP contribution in [-0.2, 0) is 6.42 Å². The number of carbonyl (C=O) groups is 1. The second-order valence-corrected chi connectivity index (χ2v) is 6.57. The molecule has 0 bridgehead atoms. The summed E-state index contributed by atoms with van der Waals surface area (Å²) in [4.78, 5) is 12.3. The predicted octanol–water partition coefficient (Wildman–Crippen LogP) is 3.54. The lowest BCUT2D eigenvalue weighted by molar-refractivity contribution is 0.0930. The number of nitrogens with zero attached hydrogens (tertiary/aromatic N) is 2. The Kier molecular flexibility index (Phi) is 4.61. The van der Waals surface area contributed by atoms with Crippen molar-refractivity contribution in [3.05, 3.63) is 17.0 Å². The number of rotatable bonds is 1. The Balaban J connectivity index is 1.85. The Morgan fingerprint density at radius 3 is 2.33 bits per heavy atom. The maximum Gasteiger partial charge on any atom is 0.269 e. The van der Waals surface area contributed by atoms with Crippen LogP contribution in [-0.4, -0.2) is 22.2 Å². The van der Waals surface area contributed by atoms with Gasteiger partial charge in [0, 0.05) is 12.1 Å². The molecule has 1 aliphatic heterocycles. The van der Waals surface area contributed by atoms with Gasteiger partial charge in [-0.05, 0) is 26.2 Å². The summed E-state index contributed by atoms with van der Waals surface area (Å²) in [5.41, 5.74) is 3.08. The molecule has 0 radical (unpaired) electrons. The van der Waals surface area contributed by atoms with Crippen molar-refractivity contribution in [1.82, 2.24) is 15.1 Å². The molecule has 0 unspecified atom stereocenters. The van der Waals surface area contributed by atoms with E-state index in [0.717, 1.165) is 24.4 Å². The standard InChI is InChI=1S/C17H27N3O/c1-13-15-11-12-18-17(21)16(15)20(19-13)14-9-7-5-3-2-4-6-8-10-14/h14H,2-12H2,1H3,(H,18,21). The second-order valence-electron chi connectivity index (χ2n) is 6.57. The molecule has 0 spiro atoms. The highest BCUT2D eigenvalue weighted by Crippen LogP contribution is 2.29. The van der Waals surface area contributed by atoms with E-state index in [1.54, 1.807) is 0 Å². The minimum atomic E-state index is 0.0777. The average molecular weight is 289 g/mol. The van der Waals surface area contributed by atoms with Crippen LogP contribution in [0, 0.1) is 6.92 Å². The minimum absolute atomic E-state index is 0.0777. The normalized spacial score (nSPS) is 21.7. The highest BCUT2D eigenvalue weighted by Gasteiger charge is 2.28. The molecule has 0 aromatic carbocycles. The first-order chi connectivity index (χ1) is 10.3. The summed E-state index contributed by atoms with van der Waals surface area (Å²) >= 11 is 0. The van der Waals surface area contributed by atoms with E-state index >= 15 is 0 Å². The molecule has 4 heteroatoms. The van der Waals surface area contributed by atoms with Gasteiger partial charge in [-0.2, -0.15) is 5.10 Å². The summed E-state index contributed by atoms with van der Waals surface area (Å²) in [6.45, 7) is 2.80. The van der Waals surface area contributed by atoms with Gasteiger partial charge in [-0.1, -0.05) is 44.9 Å². The Morgan fingerprint density at radius 1 is 1.05 bits per heavy atom. The van der Waals surface area contributed by atoms with Crippen LogP contribution in [0.3, 0.4) is 0 Å². The van der Waals surface area contributed by atoms with Crippen molar-refractivity contribution >= 4 is 5.91 Å². The van der Waals surface area contributed by atoms with E-state index in [4.69, 9.17) is 5.10 Å². The number of aromatic nitrogens is 2. The fourth-order valence-corrected chi connectivity index (χ4v) is 3.80. The van der Waals surface area contributed by atoms with Gasteiger partial charge in [-0.3, -0.25) is 9.48 Å². The smallest absolute Gasteiger partial charge is 0.269 e. The zero-order chi connectivity index (χ0) is 14.7. The van der Waals surface area contributed by atoms with E-state index in [-0.39, 0.29) is 5.91 Å². The average Bonchev–Trinajstić information content (AvgIpc) is 2.83. The van der Waals surface area contributed by atoms with Crippen LogP contribution in [0.15, 0.2) is 0 Å². The number of hydrogen-bond acceptors (Lipinski definition) is 2. The summed E-state index contributed by atoms with van der Waals surface area (Å²) in [6, 6.07) is 0.411. The zero-order valence-corrected chi connectivity index (χ0v) is 13.2. The van der Waals surface area contributed by atoms with Gasteiger partial charge >= 0.3 is 0 Å². The summed E-state index contributed by atoms with van der Waals surface area (Å²) in [5, 5.41) is 7.73. The van der Waals surface area contributed by atoms with Crippen LogP contribution in [0.5, 0.6) is 0 Å². The number of nitrogens with one attached hydrogen (secondary N) is 1. The van der Waals surface area contributed by atoms with Crippen LogP contribution in [0.2, 0.25) is 0 Å². The van der Waals surface area contributed by atoms with Crippen molar-refractivity contribution in [3.8, 4) is 0 Å². The van der Waals surface area contributed by atoms with Gasteiger partial charge < -0.3 is 5.32 Å². The maximum atomic E-state index is 12.3. The van der Waals surface area contributed by atoms with Gasteiger partial charge in [-0.25, -0.2) is 0 Å². The fourth-order valence-electron chi connectivity index (χ4n) is 3.80. The van der Waals surface area contributed by atoms with Gasteiger partial charge in [0.1, 0.15) is 5.69 Å². The Bertz CT molecular complexity index is 496. The zero-order valence-electron chi connectivity index (χ0n) is 13.2. The topological polar surface area (TPSA) is 46.9 Å². The third-order valence-corrected chi connectivity index (χ3v) is 5.01. The third-order valence-electron chi connectivity index (χ3n) is 5.01. The molecule has 1 amide bonds. The highest BCUT2D eigenvalue weighted by atomic mass is 16.2. The Hall–Kier alpha value is -1.32. The monoisotopic (exact) mass is 289 g/mol. The molecule has 1 aromatic rings. The van der Waals surface area contributed by atoms with Crippen LogP contribution >= 0.6 is 0 Å². The third kappa shape index (κ3) is 3.14. The van der Waals surface area contributed by atoms with Gasteiger partial charge in [-0.15, -0.1) is 0 Å². The van der Waals surface area contributed by atoms with Crippen LogP contribution in [0.1, 0.15) is 85.6 Å². The fraction of sp³-hybridized carbons (Fsp3) is 0.765. The number of amides is 1. The first kappa shape index (κ1) is 14.6. The van der Waals surface area contributed by atoms with Crippen molar-refractivity contribution in [2.75, 3.05) is 6.54 Å². The molecule has 4 nitrogen and oxygen atoms in total. The first-order valence-electron chi connectivity index (χ1n) is 8.63. The SMILES string of the molecule is Cc1nn(C2CCCCCCCCC2)c2c1CCNC2=O. The summed E-state index contributed by atoms with van der Waals surface area (Å²) in [5.74, 6) is 0.0777. The lowest BCUT2D eigenvalue weighted by atomic mass is 9.97. The molecule has 1 fully saturated rings. The summed E-state index contributed by atoms with van der Waals surface area (Å²) in [7, 11) is 0. The number of carbonyl (C=O) groups excluding carboxylic acids is 1. The van der Waals surface area contributed by atoms with Crippen LogP contribution in [0.25, 0.3) is 0 Å². The number of hydrogen-bond donors (Lipinski definition) is 1. The maximum absolute atomic E-state index is 12.3. The van der Waals surface area contributed by atoms with Crippen molar-refractivity contribution in [2.24, 2.45) is 0 Å². The molecule has 116 valence electrons. The van der Waals surface area contributed by atoms with Gasteiger partial charge in [0.15, 0.2) is 0 Å².